The Kier molecular flexibility index (Phi) is 7.07. The van der Waals surface area contributed by atoms with Gasteiger partial charge in [-0.1, -0.05) is 6.07 Å². The zero-order valence-corrected chi connectivity index (χ0v) is 14.1. The van der Waals surface area contributed by atoms with Crippen molar-refractivity contribution >= 4 is 41.6 Å². The molecule has 1 aliphatic heterocycles. The standard InChI is InChI=1S/C16H19N3O.2ClH/c1-17-10-12-6-8-19(11-12)16(20)14-4-5-15-13(9-14)3-2-7-18-15;;/h2-5,7,9,12,17H,6,8,10-11H2,1H3;2*1H. The lowest BCUT2D eigenvalue weighted by Crippen LogP contribution is -2.30. The summed E-state index contributed by atoms with van der Waals surface area (Å²) >= 11 is 0. The highest BCUT2D eigenvalue weighted by Crippen LogP contribution is 2.20. The average molecular weight is 342 g/mol. The van der Waals surface area contributed by atoms with Crippen LogP contribution < -0.4 is 5.32 Å². The van der Waals surface area contributed by atoms with E-state index < -0.39 is 0 Å². The third kappa shape index (κ3) is 3.88. The van der Waals surface area contributed by atoms with Crippen LogP contribution in [0.5, 0.6) is 0 Å². The molecular weight excluding hydrogens is 321 g/mol. The minimum atomic E-state index is 0. The molecule has 2 aromatic rings. The molecule has 0 aliphatic carbocycles. The van der Waals surface area contributed by atoms with Gasteiger partial charge in [0.1, 0.15) is 0 Å². The summed E-state index contributed by atoms with van der Waals surface area (Å²) < 4.78 is 0. The van der Waals surface area contributed by atoms with Gasteiger partial charge in [0, 0.05) is 30.2 Å². The number of rotatable bonds is 3. The summed E-state index contributed by atoms with van der Waals surface area (Å²) in [4.78, 5) is 18.8. The molecule has 0 bridgehead atoms. The first-order chi connectivity index (χ1) is 9.78. The summed E-state index contributed by atoms with van der Waals surface area (Å²) in [5.74, 6) is 0.709. The highest BCUT2D eigenvalue weighted by atomic mass is 35.5. The lowest BCUT2D eigenvalue weighted by Gasteiger charge is -2.17. The Labute approximate surface area is 143 Å². The Morgan fingerprint density at radius 2 is 2.18 bits per heavy atom. The smallest absolute Gasteiger partial charge is 0.253 e. The topological polar surface area (TPSA) is 45.2 Å². The molecule has 4 nitrogen and oxygen atoms in total. The van der Waals surface area contributed by atoms with Gasteiger partial charge in [0.15, 0.2) is 0 Å². The third-order valence-electron chi connectivity index (χ3n) is 3.92. The molecule has 3 rings (SSSR count). The van der Waals surface area contributed by atoms with Crippen molar-refractivity contribution in [3.05, 3.63) is 42.1 Å². The summed E-state index contributed by atoms with van der Waals surface area (Å²) in [6.45, 7) is 2.69. The monoisotopic (exact) mass is 341 g/mol. The summed E-state index contributed by atoms with van der Waals surface area (Å²) in [6.07, 6.45) is 2.86. The molecule has 6 heteroatoms. The second-order valence-electron chi connectivity index (χ2n) is 5.37. The highest BCUT2D eigenvalue weighted by Gasteiger charge is 2.26. The number of fused-ring (bicyclic) bond motifs is 1. The number of hydrogen-bond donors (Lipinski definition) is 1. The zero-order chi connectivity index (χ0) is 13.9. The van der Waals surface area contributed by atoms with Crippen molar-refractivity contribution < 1.29 is 4.79 Å². The van der Waals surface area contributed by atoms with E-state index in [-0.39, 0.29) is 30.7 Å². The van der Waals surface area contributed by atoms with Gasteiger partial charge in [0.05, 0.1) is 5.52 Å². The van der Waals surface area contributed by atoms with Gasteiger partial charge in [-0.3, -0.25) is 9.78 Å². The van der Waals surface area contributed by atoms with E-state index >= 15 is 0 Å². The minimum Gasteiger partial charge on any atom is -0.338 e. The lowest BCUT2D eigenvalue weighted by atomic mass is 10.1. The van der Waals surface area contributed by atoms with Crippen LogP contribution in [0.2, 0.25) is 0 Å². The summed E-state index contributed by atoms with van der Waals surface area (Å²) in [6, 6.07) is 9.63. The van der Waals surface area contributed by atoms with Crippen molar-refractivity contribution in [1.29, 1.82) is 0 Å². The number of halogens is 2. The molecule has 1 saturated heterocycles. The molecule has 1 amide bonds. The van der Waals surface area contributed by atoms with Crippen molar-refractivity contribution in [2.75, 3.05) is 26.7 Å². The summed E-state index contributed by atoms with van der Waals surface area (Å²) in [5.41, 5.74) is 1.69. The van der Waals surface area contributed by atoms with Crippen LogP contribution in [0.25, 0.3) is 10.9 Å². The number of carbonyl (C=O) groups is 1. The number of likely N-dealkylation sites (tertiary alicyclic amines) is 1. The number of hydrogen-bond acceptors (Lipinski definition) is 3. The Hall–Kier alpha value is -1.36. The van der Waals surface area contributed by atoms with Crippen LogP contribution in [-0.2, 0) is 0 Å². The maximum absolute atomic E-state index is 12.5. The third-order valence-corrected chi connectivity index (χ3v) is 3.92. The van der Waals surface area contributed by atoms with E-state index in [1.807, 2.05) is 42.3 Å². The number of aromatic nitrogens is 1. The Morgan fingerprint density at radius 3 is 2.95 bits per heavy atom. The number of amides is 1. The van der Waals surface area contributed by atoms with Crippen molar-refractivity contribution in [1.82, 2.24) is 15.2 Å². The Bertz CT molecular complexity index is 636. The fourth-order valence-corrected chi connectivity index (χ4v) is 2.86. The van der Waals surface area contributed by atoms with Gasteiger partial charge in [0.2, 0.25) is 0 Å². The quantitative estimate of drug-likeness (QED) is 0.933. The molecule has 1 fully saturated rings. The van der Waals surface area contributed by atoms with Gasteiger partial charge in [-0.2, -0.15) is 0 Å². The SMILES string of the molecule is CNCC1CCN(C(=O)c2ccc3ncccc3c2)C1.Cl.Cl. The van der Waals surface area contributed by atoms with Crippen LogP contribution in [-0.4, -0.2) is 42.5 Å². The average Bonchev–Trinajstić information content (AvgIpc) is 2.95. The normalized spacial score (nSPS) is 17.0. The first-order valence-corrected chi connectivity index (χ1v) is 7.06. The molecule has 22 heavy (non-hydrogen) atoms. The molecule has 0 radical (unpaired) electrons. The van der Waals surface area contributed by atoms with Crippen molar-refractivity contribution in [2.24, 2.45) is 5.92 Å². The number of pyridine rings is 1. The first-order valence-electron chi connectivity index (χ1n) is 7.06. The molecule has 1 aromatic heterocycles. The fourth-order valence-electron chi connectivity index (χ4n) is 2.86. The van der Waals surface area contributed by atoms with Gasteiger partial charge in [0.25, 0.3) is 5.91 Å². The molecule has 1 aromatic carbocycles. The van der Waals surface area contributed by atoms with Crippen LogP contribution in [0, 0.1) is 5.92 Å². The number of benzene rings is 1. The Morgan fingerprint density at radius 1 is 1.36 bits per heavy atom. The van der Waals surface area contributed by atoms with Gasteiger partial charge < -0.3 is 10.2 Å². The largest absolute Gasteiger partial charge is 0.338 e. The second-order valence-corrected chi connectivity index (χ2v) is 5.37. The van der Waals surface area contributed by atoms with Crippen LogP contribution in [0.1, 0.15) is 16.8 Å². The van der Waals surface area contributed by atoms with Gasteiger partial charge in [-0.15, -0.1) is 24.8 Å². The van der Waals surface area contributed by atoms with Gasteiger partial charge in [-0.25, -0.2) is 0 Å². The lowest BCUT2D eigenvalue weighted by molar-refractivity contribution is 0.0787. The Balaban J connectivity index is 0.00000121. The summed E-state index contributed by atoms with van der Waals surface area (Å²) in [7, 11) is 1.96. The number of carbonyl (C=O) groups excluding carboxylic acids is 1. The van der Waals surface area contributed by atoms with Crippen LogP contribution in [0.4, 0.5) is 0 Å². The van der Waals surface area contributed by atoms with Crippen LogP contribution in [0.3, 0.4) is 0 Å². The molecule has 0 spiro atoms. The fraction of sp³-hybridized carbons (Fsp3) is 0.375. The number of nitrogens with one attached hydrogen (secondary N) is 1. The molecule has 1 N–H and O–H groups in total. The maximum atomic E-state index is 12.5. The predicted molar refractivity (Wildman–Crippen MR) is 94.2 cm³/mol. The van der Waals surface area contributed by atoms with E-state index in [0.717, 1.165) is 42.5 Å². The van der Waals surface area contributed by atoms with E-state index in [1.54, 1.807) is 6.20 Å². The van der Waals surface area contributed by atoms with Crippen molar-refractivity contribution in [3.63, 3.8) is 0 Å². The van der Waals surface area contributed by atoms with E-state index in [1.165, 1.54) is 0 Å². The minimum absolute atomic E-state index is 0. The van der Waals surface area contributed by atoms with Crippen molar-refractivity contribution in [3.8, 4) is 0 Å². The van der Waals surface area contributed by atoms with E-state index in [9.17, 15) is 4.79 Å². The molecule has 0 saturated carbocycles. The number of nitrogens with zero attached hydrogens (tertiary/aromatic N) is 2. The molecule has 1 unspecified atom stereocenters. The van der Waals surface area contributed by atoms with E-state index in [0.29, 0.717) is 5.92 Å². The van der Waals surface area contributed by atoms with E-state index in [2.05, 4.69) is 10.3 Å². The van der Waals surface area contributed by atoms with Crippen LogP contribution in [0.15, 0.2) is 36.5 Å². The second kappa shape index (κ2) is 8.32. The zero-order valence-electron chi connectivity index (χ0n) is 12.5. The predicted octanol–water partition coefficient (Wildman–Crippen LogP) is 2.76. The molecular formula is C16H21Cl2N3O. The molecule has 120 valence electrons. The van der Waals surface area contributed by atoms with E-state index in [4.69, 9.17) is 0 Å². The molecule has 1 atom stereocenters. The summed E-state index contributed by atoms with van der Waals surface area (Å²) in [5, 5.41) is 4.20. The molecule has 2 heterocycles. The van der Waals surface area contributed by atoms with Crippen molar-refractivity contribution in [2.45, 2.75) is 6.42 Å². The first kappa shape index (κ1) is 18.7. The van der Waals surface area contributed by atoms with Gasteiger partial charge in [-0.05, 0) is 50.2 Å². The highest BCUT2D eigenvalue weighted by molar-refractivity contribution is 5.98. The maximum Gasteiger partial charge on any atom is 0.253 e. The van der Waals surface area contributed by atoms with Crippen LogP contribution >= 0.6 is 24.8 Å². The van der Waals surface area contributed by atoms with Gasteiger partial charge >= 0.3 is 0 Å². The molecule has 1 aliphatic rings.